The number of fused-ring (bicyclic) bond motifs is 12. The summed E-state index contributed by atoms with van der Waals surface area (Å²) < 4.78 is 9.39. The van der Waals surface area contributed by atoms with E-state index >= 15 is 0 Å². The Morgan fingerprint density at radius 2 is 0.817 bits per heavy atom. The van der Waals surface area contributed by atoms with Crippen molar-refractivity contribution >= 4 is 71.2 Å². The van der Waals surface area contributed by atoms with E-state index < -0.39 is 0 Å². The smallest absolute Gasteiger partial charge is 0.238 e. The van der Waals surface area contributed by atoms with Gasteiger partial charge < -0.3 is 4.57 Å². The van der Waals surface area contributed by atoms with Gasteiger partial charge in [0.1, 0.15) is 5.65 Å². The summed E-state index contributed by atoms with van der Waals surface area (Å²) in [6.07, 6.45) is 0. The van der Waals surface area contributed by atoms with E-state index in [9.17, 15) is 0 Å². The average Bonchev–Trinajstić information content (AvgIpc) is 4.05. The van der Waals surface area contributed by atoms with Crippen LogP contribution in [-0.2, 0) is 0 Å². The van der Waals surface area contributed by atoms with Gasteiger partial charge in [0.05, 0.1) is 38.6 Å². The van der Waals surface area contributed by atoms with Gasteiger partial charge in [-0.1, -0.05) is 133 Å². The second-order valence-corrected chi connectivity index (χ2v) is 15.3. The molecular formula is C53H33N7. The zero-order chi connectivity index (χ0) is 39.3. The van der Waals surface area contributed by atoms with E-state index in [4.69, 9.17) is 15.0 Å². The molecule has 5 heterocycles. The van der Waals surface area contributed by atoms with Crippen LogP contribution in [-0.4, -0.2) is 33.1 Å². The number of hydrogen-bond donors (Lipinski definition) is 0. The highest BCUT2D eigenvalue weighted by molar-refractivity contribution is 6.28. The largest absolute Gasteiger partial charge is 0.309 e. The summed E-state index contributed by atoms with van der Waals surface area (Å²) in [5.74, 6) is 1.83. The van der Waals surface area contributed by atoms with Crippen molar-refractivity contribution in [1.29, 1.82) is 0 Å². The lowest BCUT2D eigenvalue weighted by atomic mass is 10.1. The van der Waals surface area contributed by atoms with E-state index in [2.05, 4.69) is 182 Å². The Labute approximate surface area is 343 Å². The number of hydrogen-bond acceptors (Lipinski definition) is 3. The first-order chi connectivity index (χ1) is 29.8. The fourth-order valence-corrected chi connectivity index (χ4v) is 9.48. The number of para-hydroxylation sites is 5. The lowest BCUT2D eigenvalue weighted by Crippen LogP contribution is -2.06. The molecule has 0 N–H and O–H groups in total. The lowest BCUT2D eigenvalue weighted by Gasteiger charge is -2.12. The molecule has 0 aliphatic heterocycles. The number of nitrogens with zero attached hydrogens (tertiary/aromatic N) is 7. The summed E-state index contributed by atoms with van der Waals surface area (Å²) in [5.41, 5.74) is 13.1. The Morgan fingerprint density at radius 3 is 1.47 bits per heavy atom. The summed E-state index contributed by atoms with van der Waals surface area (Å²) in [7, 11) is 0. The van der Waals surface area contributed by atoms with E-state index in [1.807, 2.05) is 36.4 Å². The van der Waals surface area contributed by atoms with Crippen molar-refractivity contribution in [3.63, 3.8) is 0 Å². The molecule has 13 aromatic rings. The van der Waals surface area contributed by atoms with E-state index in [0.29, 0.717) is 17.6 Å². The summed E-state index contributed by atoms with van der Waals surface area (Å²) in [4.78, 5) is 15.4. The zero-order valence-corrected chi connectivity index (χ0v) is 32.2. The van der Waals surface area contributed by atoms with Crippen molar-refractivity contribution < 1.29 is 0 Å². The van der Waals surface area contributed by atoms with Gasteiger partial charge in [0, 0.05) is 49.4 Å². The van der Waals surface area contributed by atoms with E-state index in [1.165, 1.54) is 27.2 Å². The van der Waals surface area contributed by atoms with Crippen LogP contribution < -0.4 is 0 Å². The first-order valence-electron chi connectivity index (χ1n) is 20.2. The molecule has 0 aliphatic carbocycles. The van der Waals surface area contributed by atoms with E-state index in [1.54, 1.807) is 0 Å². The molecule has 7 nitrogen and oxygen atoms in total. The van der Waals surface area contributed by atoms with Crippen molar-refractivity contribution in [2.24, 2.45) is 0 Å². The topological polar surface area (TPSA) is 57.9 Å². The Balaban J connectivity index is 1.07. The fraction of sp³-hybridized carbons (Fsp3) is 0. The first kappa shape index (κ1) is 32.8. The SMILES string of the molecule is c1ccc(-c2nc(-c3ccccc3)nc(-n3c4ccccc4c4c5c6ccccc6n(-c6cccc(-n7c8ccccc8n8c9ccccc9cc78)c6)c5ccc43)n2)cc1. The molecule has 0 saturated heterocycles. The zero-order valence-electron chi connectivity index (χ0n) is 32.2. The van der Waals surface area contributed by atoms with Crippen LogP contribution in [0.15, 0.2) is 200 Å². The van der Waals surface area contributed by atoms with Gasteiger partial charge in [0.2, 0.25) is 5.95 Å². The van der Waals surface area contributed by atoms with Crippen LogP contribution in [0.5, 0.6) is 0 Å². The molecule has 8 aromatic carbocycles. The molecule has 7 heteroatoms. The van der Waals surface area contributed by atoms with Gasteiger partial charge in [-0.3, -0.25) is 13.5 Å². The molecule has 13 rings (SSSR count). The van der Waals surface area contributed by atoms with Crippen LogP contribution in [0.2, 0.25) is 0 Å². The van der Waals surface area contributed by atoms with Crippen molar-refractivity contribution in [2.75, 3.05) is 0 Å². The third kappa shape index (κ3) is 4.68. The molecule has 5 aromatic heterocycles. The van der Waals surface area contributed by atoms with Gasteiger partial charge in [-0.05, 0) is 66.7 Å². The lowest BCUT2D eigenvalue weighted by molar-refractivity contribution is 0.953. The number of rotatable bonds is 5. The predicted octanol–water partition coefficient (Wildman–Crippen LogP) is 12.7. The maximum absolute atomic E-state index is 5.19. The maximum Gasteiger partial charge on any atom is 0.238 e. The minimum absolute atomic E-state index is 0.577. The fourth-order valence-electron chi connectivity index (χ4n) is 9.48. The molecule has 0 saturated carbocycles. The minimum atomic E-state index is 0.577. The van der Waals surface area contributed by atoms with Crippen LogP contribution in [0.1, 0.15) is 0 Å². The van der Waals surface area contributed by atoms with Crippen LogP contribution in [0, 0.1) is 0 Å². The van der Waals surface area contributed by atoms with Gasteiger partial charge in [0.25, 0.3) is 0 Å². The third-order valence-corrected chi connectivity index (χ3v) is 12.0. The molecular weight excluding hydrogens is 735 g/mol. The number of imidazole rings is 1. The van der Waals surface area contributed by atoms with Crippen LogP contribution in [0.4, 0.5) is 0 Å². The number of aromatic nitrogens is 7. The summed E-state index contributed by atoms with van der Waals surface area (Å²) in [5, 5.41) is 5.90. The molecule has 0 fully saturated rings. The second-order valence-electron chi connectivity index (χ2n) is 15.3. The van der Waals surface area contributed by atoms with Crippen molar-refractivity contribution in [1.82, 2.24) is 33.1 Å². The van der Waals surface area contributed by atoms with Gasteiger partial charge in [0.15, 0.2) is 11.6 Å². The average molecular weight is 768 g/mol. The molecule has 0 aliphatic rings. The van der Waals surface area contributed by atoms with Gasteiger partial charge in [-0.25, -0.2) is 4.98 Å². The normalized spacial score (nSPS) is 12.0. The van der Waals surface area contributed by atoms with Crippen molar-refractivity contribution in [3.8, 4) is 40.1 Å². The molecule has 0 bridgehead atoms. The van der Waals surface area contributed by atoms with Crippen LogP contribution in [0.25, 0.3) is 111 Å². The quantitative estimate of drug-likeness (QED) is 0.175. The second kappa shape index (κ2) is 12.6. The predicted molar refractivity (Wildman–Crippen MR) is 245 cm³/mol. The molecule has 0 radical (unpaired) electrons. The Bertz CT molecular complexity index is 3770. The van der Waals surface area contributed by atoms with Crippen LogP contribution >= 0.6 is 0 Å². The standard InChI is InChI=1S/C53H33N7/c1-3-16-34(17-4-1)51-54-52(35-18-5-2-6-19-35)56-53(55-51)60-43-27-12-9-24-40(43)50-47(60)31-30-46-49(50)39-23-8-11-26-42(39)57(46)37-21-15-22-38(33-37)58-44-28-13-14-29-45(44)59-41-25-10-7-20-36(41)32-48(58)59/h1-33H. The monoisotopic (exact) mass is 767 g/mol. The molecule has 0 spiro atoms. The summed E-state index contributed by atoms with van der Waals surface area (Å²) >= 11 is 0. The van der Waals surface area contributed by atoms with Crippen molar-refractivity contribution in [2.45, 2.75) is 0 Å². The van der Waals surface area contributed by atoms with Gasteiger partial charge in [-0.2, -0.15) is 9.97 Å². The summed E-state index contributed by atoms with van der Waals surface area (Å²) in [6, 6.07) is 70.8. The molecule has 0 unspecified atom stereocenters. The highest BCUT2D eigenvalue weighted by Crippen LogP contribution is 2.43. The van der Waals surface area contributed by atoms with E-state index in [0.717, 1.165) is 66.5 Å². The Kier molecular flexibility index (Phi) is 6.88. The molecule has 0 atom stereocenters. The highest BCUT2D eigenvalue weighted by Gasteiger charge is 2.23. The molecule has 0 amide bonds. The van der Waals surface area contributed by atoms with Crippen LogP contribution in [0.3, 0.4) is 0 Å². The highest BCUT2D eigenvalue weighted by atomic mass is 15.2. The molecule has 280 valence electrons. The van der Waals surface area contributed by atoms with E-state index in [-0.39, 0.29) is 0 Å². The molecule has 60 heavy (non-hydrogen) atoms. The Morgan fingerprint density at radius 1 is 0.317 bits per heavy atom. The summed E-state index contributed by atoms with van der Waals surface area (Å²) in [6.45, 7) is 0. The van der Waals surface area contributed by atoms with Gasteiger partial charge >= 0.3 is 0 Å². The maximum atomic E-state index is 5.19. The van der Waals surface area contributed by atoms with Gasteiger partial charge in [-0.15, -0.1) is 0 Å². The number of benzene rings is 8. The van der Waals surface area contributed by atoms with Crippen molar-refractivity contribution in [3.05, 3.63) is 200 Å². The third-order valence-electron chi connectivity index (χ3n) is 12.0. The first-order valence-corrected chi connectivity index (χ1v) is 20.2. The minimum Gasteiger partial charge on any atom is -0.309 e. The Hall–Kier alpha value is -8.29.